The molecule has 2 fully saturated rings. The molecule has 1 aliphatic heterocycles. The van der Waals surface area contributed by atoms with Crippen LogP contribution in [-0.2, 0) is 0 Å². The molecule has 1 saturated carbocycles. The number of aliphatic imine (C=N–C) groups is 1. The SMILES string of the molecule is CC1CSC(=NC2CCCCC2(C)C)NC1C. The third kappa shape index (κ3) is 3.18. The van der Waals surface area contributed by atoms with Gasteiger partial charge in [-0.2, -0.15) is 0 Å². The smallest absolute Gasteiger partial charge is 0.157 e. The summed E-state index contributed by atoms with van der Waals surface area (Å²) in [6.07, 6.45) is 5.32. The number of amidine groups is 1. The highest BCUT2D eigenvalue weighted by atomic mass is 32.2. The first kappa shape index (κ1) is 13.3. The van der Waals surface area contributed by atoms with Crippen LogP contribution in [-0.4, -0.2) is 23.0 Å². The lowest BCUT2D eigenvalue weighted by atomic mass is 9.73. The molecule has 3 atom stereocenters. The second-order valence-corrected chi connectivity index (χ2v) is 7.41. The predicted octanol–water partition coefficient (Wildman–Crippen LogP) is 3.67. The Morgan fingerprint density at radius 3 is 2.71 bits per heavy atom. The number of hydrogen-bond donors (Lipinski definition) is 1. The minimum Gasteiger partial charge on any atom is -0.362 e. The van der Waals surface area contributed by atoms with Crippen molar-refractivity contribution in [2.75, 3.05) is 5.75 Å². The molecule has 2 aliphatic rings. The highest BCUT2D eigenvalue weighted by molar-refractivity contribution is 8.13. The first-order valence-electron chi connectivity index (χ1n) is 6.96. The normalized spacial score (nSPS) is 40.0. The van der Waals surface area contributed by atoms with Crippen LogP contribution >= 0.6 is 11.8 Å². The third-order valence-electron chi connectivity index (χ3n) is 4.41. The summed E-state index contributed by atoms with van der Waals surface area (Å²) in [6, 6.07) is 1.09. The molecular formula is C14H26N2S. The number of nitrogens with zero attached hydrogens (tertiary/aromatic N) is 1. The number of hydrogen-bond acceptors (Lipinski definition) is 2. The van der Waals surface area contributed by atoms with E-state index in [2.05, 4.69) is 33.0 Å². The van der Waals surface area contributed by atoms with Crippen molar-refractivity contribution in [3.63, 3.8) is 0 Å². The van der Waals surface area contributed by atoms with Crippen LogP contribution in [0.1, 0.15) is 53.4 Å². The maximum atomic E-state index is 5.00. The number of nitrogens with one attached hydrogen (secondary N) is 1. The van der Waals surface area contributed by atoms with Gasteiger partial charge in [-0.1, -0.05) is 45.4 Å². The molecule has 0 bridgehead atoms. The van der Waals surface area contributed by atoms with Gasteiger partial charge in [0.15, 0.2) is 5.17 Å². The van der Waals surface area contributed by atoms with E-state index in [1.807, 2.05) is 11.8 Å². The van der Waals surface area contributed by atoms with E-state index in [1.54, 1.807) is 0 Å². The average Bonchev–Trinajstić information content (AvgIpc) is 2.26. The quantitative estimate of drug-likeness (QED) is 0.772. The van der Waals surface area contributed by atoms with E-state index in [4.69, 9.17) is 4.99 Å². The molecule has 98 valence electrons. The molecule has 0 amide bonds. The van der Waals surface area contributed by atoms with Crippen LogP contribution in [0.15, 0.2) is 4.99 Å². The van der Waals surface area contributed by atoms with Crippen LogP contribution in [0.3, 0.4) is 0 Å². The summed E-state index contributed by atoms with van der Waals surface area (Å²) in [7, 11) is 0. The van der Waals surface area contributed by atoms with Gasteiger partial charge >= 0.3 is 0 Å². The van der Waals surface area contributed by atoms with Crippen molar-refractivity contribution in [3.8, 4) is 0 Å². The second kappa shape index (κ2) is 5.21. The van der Waals surface area contributed by atoms with E-state index in [0.717, 1.165) is 5.92 Å². The van der Waals surface area contributed by atoms with E-state index < -0.39 is 0 Å². The van der Waals surface area contributed by atoms with E-state index in [9.17, 15) is 0 Å². The van der Waals surface area contributed by atoms with Crippen LogP contribution in [0.25, 0.3) is 0 Å². The molecule has 0 radical (unpaired) electrons. The Morgan fingerprint density at radius 1 is 1.29 bits per heavy atom. The summed E-state index contributed by atoms with van der Waals surface area (Å²) in [4.78, 5) is 5.00. The van der Waals surface area contributed by atoms with Gasteiger partial charge in [-0.15, -0.1) is 0 Å². The van der Waals surface area contributed by atoms with Gasteiger partial charge < -0.3 is 5.32 Å². The molecule has 2 nitrogen and oxygen atoms in total. The third-order valence-corrected chi connectivity index (χ3v) is 5.60. The summed E-state index contributed by atoms with van der Waals surface area (Å²) < 4.78 is 0. The number of rotatable bonds is 1. The van der Waals surface area contributed by atoms with Crippen molar-refractivity contribution in [2.45, 2.75) is 65.5 Å². The van der Waals surface area contributed by atoms with Gasteiger partial charge in [0.25, 0.3) is 0 Å². The summed E-state index contributed by atoms with van der Waals surface area (Å²) in [5.74, 6) is 1.96. The minimum atomic E-state index is 0.389. The minimum absolute atomic E-state index is 0.389. The monoisotopic (exact) mass is 254 g/mol. The first-order chi connectivity index (χ1) is 7.99. The Kier molecular flexibility index (Phi) is 4.06. The van der Waals surface area contributed by atoms with E-state index in [-0.39, 0.29) is 0 Å². The van der Waals surface area contributed by atoms with Crippen LogP contribution in [0, 0.1) is 11.3 Å². The van der Waals surface area contributed by atoms with Gasteiger partial charge in [-0.05, 0) is 31.1 Å². The molecule has 0 aromatic carbocycles. The molecular weight excluding hydrogens is 228 g/mol. The van der Waals surface area contributed by atoms with Crippen LogP contribution in [0.2, 0.25) is 0 Å². The molecule has 2 rings (SSSR count). The molecule has 3 heteroatoms. The van der Waals surface area contributed by atoms with Crippen molar-refractivity contribution in [2.24, 2.45) is 16.3 Å². The lowest BCUT2D eigenvalue weighted by Crippen LogP contribution is -2.43. The average molecular weight is 254 g/mol. The van der Waals surface area contributed by atoms with Crippen LogP contribution in [0.4, 0.5) is 0 Å². The van der Waals surface area contributed by atoms with Crippen molar-refractivity contribution < 1.29 is 0 Å². The predicted molar refractivity (Wildman–Crippen MR) is 77.7 cm³/mol. The summed E-state index contributed by atoms with van der Waals surface area (Å²) in [5, 5.41) is 4.75. The maximum Gasteiger partial charge on any atom is 0.157 e. The van der Waals surface area contributed by atoms with Gasteiger partial charge in [0.05, 0.1) is 6.04 Å². The van der Waals surface area contributed by atoms with Crippen molar-refractivity contribution in [1.82, 2.24) is 5.32 Å². The summed E-state index contributed by atoms with van der Waals surface area (Å²) in [6.45, 7) is 9.33. The molecule has 1 saturated heterocycles. The van der Waals surface area contributed by atoms with E-state index in [1.165, 1.54) is 36.6 Å². The van der Waals surface area contributed by atoms with Crippen molar-refractivity contribution in [1.29, 1.82) is 0 Å². The molecule has 0 aromatic rings. The first-order valence-corrected chi connectivity index (χ1v) is 7.95. The van der Waals surface area contributed by atoms with E-state index in [0.29, 0.717) is 17.5 Å². The highest BCUT2D eigenvalue weighted by Gasteiger charge is 2.33. The standard InChI is InChI=1S/C14H26N2S/c1-10-9-17-13(15-11(10)2)16-12-7-5-6-8-14(12,3)4/h10-12H,5-9H2,1-4H3,(H,15,16). The molecule has 0 aromatic heterocycles. The Labute approximate surface area is 110 Å². The lowest BCUT2D eigenvalue weighted by Gasteiger charge is -2.37. The van der Waals surface area contributed by atoms with Gasteiger partial charge in [0.1, 0.15) is 0 Å². The zero-order chi connectivity index (χ0) is 12.5. The van der Waals surface area contributed by atoms with Crippen molar-refractivity contribution >= 4 is 16.9 Å². The van der Waals surface area contributed by atoms with Gasteiger partial charge in [-0.25, -0.2) is 0 Å². The highest BCUT2D eigenvalue weighted by Crippen LogP contribution is 2.38. The summed E-state index contributed by atoms with van der Waals surface area (Å²) >= 11 is 1.91. The fourth-order valence-electron chi connectivity index (χ4n) is 2.66. The van der Waals surface area contributed by atoms with Gasteiger partial charge in [0.2, 0.25) is 0 Å². The molecule has 1 aliphatic carbocycles. The molecule has 0 spiro atoms. The zero-order valence-electron chi connectivity index (χ0n) is 11.6. The number of thioether (sulfide) groups is 1. The molecule has 3 unspecified atom stereocenters. The zero-order valence-corrected chi connectivity index (χ0v) is 12.4. The molecule has 1 N–H and O–H groups in total. The fourth-order valence-corrected chi connectivity index (χ4v) is 3.84. The fraction of sp³-hybridized carbons (Fsp3) is 0.929. The Bertz CT molecular complexity index is 299. The largest absolute Gasteiger partial charge is 0.362 e. The maximum absolute atomic E-state index is 5.00. The Morgan fingerprint density at radius 2 is 2.06 bits per heavy atom. The van der Waals surface area contributed by atoms with Crippen molar-refractivity contribution in [3.05, 3.63) is 0 Å². The second-order valence-electron chi connectivity index (χ2n) is 6.41. The van der Waals surface area contributed by atoms with Crippen LogP contribution < -0.4 is 5.32 Å². The lowest BCUT2D eigenvalue weighted by molar-refractivity contribution is 0.203. The van der Waals surface area contributed by atoms with E-state index >= 15 is 0 Å². The molecule has 17 heavy (non-hydrogen) atoms. The Balaban J connectivity index is 2.03. The molecule has 1 heterocycles. The topological polar surface area (TPSA) is 24.4 Å². The Hall–Kier alpha value is -0.180. The van der Waals surface area contributed by atoms with Gasteiger partial charge in [0, 0.05) is 11.8 Å². The van der Waals surface area contributed by atoms with Gasteiger partial charge in [-0.3, -0.25) is 4.99 Å². The van der Waals surface area contributed by atoms with Crippen LogP contribution in [0.5, 0.6) is 0 Å². The summed E-state index contributed by atoms with van der Waals surface area (Å²) in [5.41, 5.74) is 0.389.